The summed E-state index contributed by atoms with van der Waals surface area (Å²) in [7, 11) is -3.65. The average molecular weight is 316 g/mol. The number of thioether (sulfide) groups is 1. The number of hydrazine groups is 1. The van der Waals surface area contributed by atoms with Gasteiger partial charge in [-0.05, 0) is 37.7 Å². The minimum Gasteiger partial charge on any atom is -0.321 e. The summed E-state index contributed by atoms with van der Waals surface area (Å²) in [4.78, 5) is 3.93. The van der Waals surface area contributed by atoms with E-state index in [1.165, 1.54) is 6.20 Å². The molecule has 6 nitrogen and oxygen atoms in total. The van der Waals surface area contributed by atoms with Crippen LogP contribution in [0, 0.1) is 0 Å². The molecule has 20 heavy (non-hydrogen) atoms. The van der Waals surface area contributed by atoms with Crippen LogP contribution in [0.3, 0.4) is 0 Å². The van der Waals surface area contributed by atoms with Crippen LogP contribution in [-0.2, 0) is 10.0 Å². The quantitative estimate of drug-likeness (QED) is 0.560. The summed E-state index contributed by atoms with van der Waals surface area (Å²) in [5.74, 6) is 5.34. The van der Waals surface area contributed by atoms with E-state index in [1.54, 1.807) is 23.9 Å². The van der Waals surface area contributed by atoms with Crippen LogP contribution in [0.15, 0.2) is 23.4 Å². The van der Waals surface area contributed by atoms with Crippen LogP contribution in [0.4, 0.5) is 5.69 Å². The normalized spacial score (nSPS) is 23.5. The third kappa shape index (κ3) is 3.63. The van der Waals surface area contributed by atoms with Gasteiger partial charge in [0.25, 0.3) is 10.0 Å². The third-order valence-corrected chi connectivity index (χ3v) is 6.04. The van der Waals surface area contributed by atoms with E-state index >= 15 is 0 Å². The molecule has 2 unspecified atom stereocenters. The molecule has 1 fully saturated rings. The minimum atomic E-state index is -3.65. The lowest BCUT2D eigenvalue weighted by Gasteiger charge is -2.28. The van der Waals surface area contributed by atoms with Gasteiger partial charge in [-0.25, -0.2) is 18.1 Å². The maximum Gasteiger partial charge on any atom is 0.260 e. The van der Waals surface area contributed by atoms with Crippen molar-refractivity contribution < 1.29 is 8.42 Å². The largest absolute Gasteiger partial charge is 0.321 e. The minimum absolute atomic E-state index is 0.0289. The number of nitrogens with two attached hydrogens (primary N) is 1. The van der Waals surface area contributed by atoms with Gasteiger partial charge in [-0.1, -0.05) is 6.42 Å². The first kappa shape index (κ1) is 15.6. The Morgan fingerprint density at radius 1 is 1.45 bits per heavy atom. The summed E-state index contributed by atoms with van der Waals surface area (Å²) >= 11 is 1.80. The second-order valence-corrected chi connectivity index (χ2v) is 7.61. The topological polar surface area (TPSA) is 97.1 Å². The number of hydrogen-bond donors (Lipinski definition) is 3. The first-order valence-corrected chi connectivity index (χ1v) is 9.30. The van der Waals surface area contributed by atoms with Gasteiger partial charge in [0.15, 0.2) is 5.03 Å². The molecule has 8 heteroatoms. The zero-order valence-electron chi connectivity index (χ0n) is 11.4. The Labute approximate surface area is 123 Å². The van der Waals surface area contributed by atoms with Crippen LogP contribution in [0.1, 0.15) is 25.7 Å². The molecule has 1 aliphatic carbocycles. The Kier molecular flexibility index (Phi) is 5.25. The number of nitrogens with zero attached hydrogens (tertiary/aromatic N) is 1. The molecule has 2 rings (SSSR count). The Bertz CT molecular complexity index is 550. The van der Waals surface area contributed by atoms with Crippen molar-refractivity contribution in [3.8, 4) is 0 Å². The summed E-state index contributed by atoms with van der Waals surface area (Å²) in [6, 6.07) is 3.20. The predicted octanol–water partition coefficient (Wildman–Crippen LogP) is 1.32. The molecule has 1 aromatic heterocycles. The molecule has 2 atom stereocenters. The maximum atomic E-state index is 12.4. The van der Waals surface area contributed by atoms with Crippen LogP contribution >= 0.6 is 11.8 Å². The number of nitrogens with one attached hydrogen (secondary N) is 2. The molecule has 0 amide bonds. The van der Waals surface area contributed by atoms with E-state index in [0.29, 0.717) is 10.9 Å². The van der Waals surface area contributed by atoms with E-state index in [1.807, 2.05) is 0 Å². The Morgan fingerprint density at radius 2 is 2.25 bits per heavy atom. The third-order valence-electron chi connectivity index (χ3n) is 3.46. The van der Waals surface area contributed by atoms with Crippen molar-refractivity contribution in [2.45, 2.75) is 42.0 Å². The summed E-state index contributed by atoms with van der Waals surface area (Å²) in [5, 5.41) is 0.473. The number of nitrogen functional groups attached to an aromatic ring is 1. The van der Waals surface area contributed by atoms with Gasteiger partial charge < -0.3 is 5.43 Å². The standard InChI is InChI=1S/C12H20N4O2S2/c1-19-10-5-2-4-9(8-10)16-20(17,18)12-11(15-13)6-3-7-14-12/h3,6-7,9-10,15-16H,2,4-5,8,13H2,1H3. The first-order valence-electron chi connectivity index (χ1n) is 6.53. The molecule has 112 valence electrons. The molecule has 1 saturated carbocycles. The lowest BCUT2D eigenvalue weighted by atomic mass is 9.96. The highest BCUT2D eigenvalue weighted by Gasteiger charge is 2.28. The van der Waals surface area contributed by atoms with Crippen LogP contribution in [-0.4, -0.2) is 30.9 Å². The molecule has 0 aliphatic heterocycles. The second kappa shape index (κ2) is 6.75. The molecule has 1 aromatic rings. The van der Waals surface area contributed by atoms with Gasteiger partial charge in [0.05, 0.1) is 5.69 Å². The highest BCUT2D eigenvalue weighted by atomic mass is 32.2. The zero-order chi connectivity index (χ0) is 14.6. The number of aromatic nitrogens is 1. The number of pyridine rings is 1. The molecule has 0 radical (unpaired) electrons. The van der Waals surface area contributed by atoms with Gasteiger partial charge in [0.2, 0.25) is 0 Å². The van der Waals surface area contributed by atoms with Crippen molar-refractivity contribution in [2.75, 3.05) is 11.7 Å². The Balaban J connectivity index is 2.14. The van der Waals surface area contributed by atoms with Crippen LogP contribution < -0.4 is 16.0 Å². The fourth-order valence-electron chi connectivity index (χ4n) is 2.46. The zero-order valence-corrected chi connectivity index (χ0v) is 13.0. The molecule has 1 aliphatic rings. The van der Waals surface area contributed by atoms with Crippen molar-refractivity contribution >= 4 is 27.5 Å². The average Bonchev–Trinajstić information content (AvgIpc) is 2.47. The SMILES string of the molecule is CSC1CCCC(NS(=O)(=O)c2ncccc2NN)C1. The van der Waals surface area contributed by atoms with Gasteiger partial charge in [0.1, 0.15) is 0 Å². The maximum absolute atomic E-state index is 12.4. The van der Waals surface area contributed by atoms with E-state index in [0.717, 1.165) is 25.7 Å². The Morgan fingerprint density at radius 3 is 2.95 bits per heavy atom. The fourth-order valence-corrected chi connectivity index (χ4v) is 4.66. The van der Waals surface area contributed by atoms with E-state index in [2.05, 4.69) is 21.4 Å². The van der Waals surface area contributed by atoms with Crippen molar-refractivity contribution in [1.82, 2.24) is 9.71 Å². The summed E-state index contributed by atoms with van der Waals surface area (Å²) in [6.07, 6.45) is 7.44. The van der Waals surface area contributed by atoms with Gasteiger partial charge in [-0.3, -0.25) is 5.84 Å². The van der Waals surface area contributed by atoms with Crippen LogP contribution in [0.5, 0.6) is 0 Å². The molecule has 1 heterocycles. The first-order chi connectivity index (χ1) is 9.56. The predicted molar refractivity (Wildman–Crippen MR) is 81.9 cm³/mol. The molecular weight excluding hydrogens is 296 g/mol. The molecule has 0 spiro atoms. The smallest absolute Gasteiger partial charge is 0.260 e. The van der Waals surface area contributed by atoms with E-state index in [9.17, 15) is 8.42 Å². The highest BCUT2D eigenvalue weighted by molar-refractivity contribution is 7.99. The van der Waals surface area contributed by atoms with Crippen molar-refractivity contribution in [3.05, 3.63) is 18.3 Å². The molecule has 0 aromatic carbocycles. The number of rotatable bonds is 5. The van der Waals surface area contributed by atoms with Gasteiger partial charge in [0, 0.05) is 17.5 Å². The second-order valence-electron chi connectivity index (χ2n) is 4.84. The number of anilines is 1. The van der Waals surface area contributed by atoms with Gasteiger partial charge >= 0.3 is 0 Å². The molecular formula is C12H20N4O2S2. The van der Waals surface area contributed by atoms with Crippen LogP contribution in [0.2, 0.25) is 0 Å². The van der Waals surface area contributed by atoms with Crippen molar-refractivity contribution in [1.29, 1.82) is 0 Å². The number of hydrogen-bond acceptors (Lipinski definition) is 6. The van der Waals surface area contributed by atoms with Crippen LogP contribution in [0.25, 0.3) is 0 Å². The van der Waals surface area contributed by atoms with E-state index < -0.39 is 10.0 Å². The lowest BCUT2D eigenvalue weighted by Crippen LogP contribution is -2.39. The van der Waals surface area contributed by atoms with E-state index in [-0.39, 0.29) is 11.1 Å². The van der Waals surface area contributed by atoms with Gasteiger partial charge in [-0.2, -0.15) is 11.8 Å². The van der Waals surface area contributed by atoms with Gasteiger partial charge in [-0.15, -0.1) is 0 Å². The monoisotopic (exact) mass is 316 g/mol. The number of sulfonamides is 1. The summed E-state index contributed by atoms with van der Waals surface area (Å²) in [5.41, 5.74) is 2.68. The van der Waals surface area contributed by atoms with Crippen molar-refractivity contribution in [2.24, 2.45) is 5.84 Å². The lowest BCUT2D eigenvalue weighted by molar-refractivity contribution is 0.420. The molecule has 0 bridgehead atoms. The fraction of sp³-hybridized carbons (Fsp3) is 0.583. The Hall–Kier alpha value is -0.830. The van der Waals surface area contributed by atoms with E-state index in [4.69, 9.17) is 5.84 Å². The summed E-state index contributed by atoms with van der Waals surface area (Å²) < 4.78 is 27.5. The highest BCUT2D eigenvalue weighted by Crippen LogP contribution is 2.28. The summed E-state index contributed by atoms with van der Waals surface area (Å²) in [6.45, 7) is 0. The molecule has 0 saturated heterocycles. The molecule has 4 N–H and O–H groups in total. The van der Waals surface area contributed by atoms with Crippen molar-refractivity contribution in [3.63, 3.8) is 0 Å².